The van der Waals surface area contributed by atoms with Crippen LogP contribution in [-0.4, -0.2) is 21.6 Å². The van der Waals surface area contributed by atoms with Gasteiger partial charge in [-0.15, -0.1) is 0 Å². The molecule has 1 aromatic carbocycles. The first-order valence-corrected chi connectivity index (χ1v) is 10.3. The van der Waals surface area contributed by atoms with Gasteiger partial charge < -0.3 is 4.74 Å². The number of benzene rings is 1. The highest BCUT2D eigenvalue weighted by atomic mass is 28.3. The summed E-state index contributed by atoms with van der Waals surface area (Å²) in [7, 11) is -0.139. The molecule has 1 nitrogen and oxygen atoms in total. The fraction of sp³-hybridized carbons (Fsp3) is 0.529. The van der Waals surface area contributed by atoms with E-state index in [9.17, 15) is 8.78 Å². The molecule has 0 atom stereocenters. The molecule has 0 heterocycles. The Balaban J connectivity index is 3.08. The largest absolute Gasteiger partial charge is 0.497 e. The van der Waals surface area contributed by atoms with Crippen molar-refractivity contribution in [1.29, 1.82) is 0 Å². The number of rotatable bonds is 8. The van der Waals surface area contributed by atoms with Crippen LogP contribution in [0.5, 0.6) is 5.75 Å². The summed E-state index contributed by atoms with van der Waals surface area (Å²) in [6.45, 7) is 6.44. The lowest BCUT2D eigenvalue weighted by Crippen LogP contribution is -2.36. The number of halogens is 2. The number of hydrogen-bond donors (Lipinski definition) is 0. The standard InChI is InChI=1S/C17H26F2OSi/c1-5-21(6-2,7-3)16(13-17(18)19)12-14-8-10-15(20-4)11-9-14/h8-11,13,17H,5-7,12H2,1-4H3/b16-13+. The van der Waals surface area contributed by atoms with Gasteiger partial charge in [-0.1, -0.05) is 56.2 Å². The summed E-state index contributed by atoms with van der Waals surface area (Å²) in [6.07, 6.45) is -0.516. The Labute approximate surface area is 128 Å². The summed E-state index contributed by atoms with van der Waals surface area (Å²) in [4.78, 5) is 0. The fourth-order valence-electron chi connectivity index (χ4n) is 2.97. The number of hydrogen-bond acceptors (Lipinski definition) is 1. The van der Waals surface area contributed by atoms with Crippen molar-refractivity contribution < 1.29 is 13.5 Å². The third-order valence-electron chi connectivity index (χ3n) is 4.59. The van der Waals surface area contributed by atoms with E-state index in [1.54, 1.807) is 7.11 Å². The van der Waals surface area contributed by atoms with E-state index in [1.807, 2.05) is 24.3 Å². The van der Waals surface area contributed by atoms with E-state index in [4.69, 9.17) is 4.74 Å². The first-order chi connectivity index (χ1) is 10.0. The van der Waals surface area contributed by atoms with Crippen molar-refractivity contribution in [1.82, 2.24) is 0 Å². The first kappa shape index (κ1) is 17.9. The number of methoxy groups -OCH3 is 1. The van der Waals surface area contributed by atoms with Gasteiger partial charge >= 0.3 is 0 Å². The number of ether oxygens (including phenoxy) is 1. The minimum Gasteiger partial charge on any atom is -0.497 e. The van der Waals surface area contributed by atoms with Crippen LogP contribution < -0.4 is 4.74 Å². The predicted molar refractivity (Wildman–Crippen MR) is 88.0 cm³/mol. The molecule has 1 aromatic rings. The van der Waals surface area contributed by atoms with Gasteiger partial charge in [0.05, 0.1) is 15.2 Å². The molecule has 0 amide bonds. The summed E-state index contributed by atoms with van der Waals surface area (Å²) < 4.78 is 31.1. The first-order valence-electron chi connectivity index (χ1n) is 7.63. The molecule has 0 aliphatic heterocycles. The van der Waals surface area contributed by atoms with Gasteiger partial charge in [0, 0.05) is 0 Å². The van der Waals surface area contributed by atoms with E-state index >= 15 is 0 Å². The van der Waals surface area contributed by atoms with E-state index < -0.39 is 14.5 Å². The maximum absolute atomic E-state index is 13.0. The number of allylic oxidation sites excluding steroid dienone is 2. The Morgan fingerprint density at radius 2 is 1.62 bits per heavy atom. The minimum absolute atomic E-state index is 0.635. The molecule has 0 spiro atoms. The van der Waals surface area contributed by atoms with E-state index in [0.717, 1.165) is 34.6 Å². The monoisotopic (exact) mass is 312 g/mol. The smallest absolute Gasteiger partial charge is 0.256 e. The molecular weight excluding hydrogens is 286 g/mol. The average molecular weight is 312 g/mol. The van der Waals surface area contributed by atoms with Crippen molar-refractivity contribution in [3.05, 3.63) is 41.1 Å². The summed E-state index contributed by atoms with van der Waals surface area (Å²) in [5, 5.41) is 0.996. The zero-order valence-corrected chi connectivity index (χ0v) is 14.5. The molecule has 0 aromatic heterocycles. The Hall–Kier alpha value is -1.16. The maximum Gasteiger partial charge on any atom is 0.256 e. The predicted octanol–water partition coefficient (Wildman–Crippen LogP) is 5.48. The molecule has 118 valence electrons. The molecule has 0 bridgehead atoms. The van der Waals surface area contributed by atoms with E-state index in [2.05, 4.69) is 20.8 Å². The van der Waals surface area contributed by atoms with Crippen molar-refractivity contribution in [2.24, 2.45) is 0 Å². The molecule has 21 heavy (non-hydrogen) atoms. The molecule has 0 N–H and O–H groups in total. The highest BCUT2D eigenvalue weighted by Gasteiger charge is 2.31. The Bertz CT molecular complexity index is 442. The Morgan fingerprint density at radius 1 is 1.10 bits per heavy atom. The molecular formula is C17H26F2OSi. The average Bonchev–Trinajstić information content (AvgIpc) is 2.49. The van der Waals surface area contributed by atoms with Gasteiger partial charge in [0.2, 0.25) is 0 Å². The molecule has 1 rings (SSSR count). The highest BCUT2D eigenvalue weighted by molar-refractivity contribution is 6.86. The molecule has 0 saturated carbocycles. The molecule has 0 aliphatic rings. The van der Waals surface area contributed by atoms with Gasteiger partial charge in [0.1, 0.15) is 5.75 Å². The molecule has 0 fully saturated rings. The summed E-state index contributed by atoms with van der Waals surface area (Å²) in [6, 6.07) is 10.8. The van der Waals surface area contributed by atoms with Crippen LogP contribution in [0.3, 0.4) is 0 Å². The topological polar surface area (TPSA) is 9.23 Å². The fourth-order valence-corrected chi connectivity index (χ4v) is 6.89. The third kappa shape index (κ3) is 4.66. The minimum atomic E-state index is -2.37. The lowest BCUT2D eigenvalue weighted by molar-refractivity contribution is 0.203. The normalized spacial score (nSPS) is 12.8. The molecule has 0 radical (unpaired) electrons. The lowest BCUT2D eigenvalue weighted by Gasteiger charge is -2.32. The zero-order chi connectivity index (χ0) is 15.9. The van der Waals surface area contributed by atoms with E-state index in [-0.39, 0.29) is 0 Å². The van der Waals surface area contributed by atoms with Crippen molar-refractivity contribution in [3.63, 3.8) is 0 Å². The Kier molecular flexibility index (Phi) is 7.09. The molecule has 0 unspecified atom stereocenters. The van der Waals surface area contributed by atoms with Crippen LogP contribution in [0.4, 0.5) is 8.78 Å². The van der Waals surface area contributed by atoms with Crippen LogP contribution in [0.1, 0.15) is 26.3 Å². The van der Waals surface area contributed by atoms with E-state index in [1.165, 1.54) is 6.08 Å². The second-order valence-electron chi connectivity index (χ2n) is 5.39. The second kappa shape index (κ2) is 8.32. The van der Waals surface area contributed by atoms with Crippen molar-refractivity contribution in [3.8, 4) is 5.75 Å². The SMILES string of the molecule is CC[Si](CC)(CC)/C(=C/C(F)F)Cc1ccc(OC)cc1. The second-order valence-corrected chi connectivity index (χ2v) is 10.7. The van der Waals surface area contributed by atoms with Gasteiger partial charge in [-0.25, -0.2) is 8.78 Å². The third-order valence-corrected chi connectivity index (χ3v) is 10.4. The van der Waals surface area contributed by atoms with Gasteiger partial charge in [0.15, 0.2) is 0 Å². The van der Waals surface area contributed by atoms with Crippen molar-refractivity contribution in [2.45, 2.75) is 51.7 Å². The summed E-state index contributed by atoms with van der Waals surface area (Å²) in [5.74, 6) is 0.795. The lowest BCUT2D eigenvalue weighted by atomic mass is 10.1. The van der Waals surface area contributed by atoms with Crippen molar-refractivity contribution >= 4 is 8.07 Å². The molecule has 0 saturated heterocycles. The van der Waals surface area contributed by atoms with Gasteiger partial charge in [0.25, 0.3) is 6.43 Å². The zero-order valence-electron chi connectivity index (χ0n) is 13.5. The van der Waals surface area contributed by atoms with Crippen LogP contribution in [-0.2, 0) is 6.42 Å². The quantitative estimate of drug-likeness (QED) is 0.578. The van der Waals surface area contributed by atoms with Crippen LogP contribution in [0, 0.1) is 0 Å². The highest BCUT2D eigenvalue weighted by Crippen LogP contribution is 2.32. The maximum atomic E-state index is 13.0. The van der Waals surface area contributed by atoms with Crippen LogP contribution in [0.15, 0.2) is 35.5 Å². The van der Waals surface area contributed by atoms with Crippen molar-refractivity contribution in [2.75, 3.05) is 7.11 Å². The summed E-state index contributed by atoms with van der Waals surface area (Å²) >= 11 is 0. The van der Waals surface area contributed by atoms with Crippen LogP contribution in [0.25, 0.3) is 0 Å². The summed E-state index contributed by atoms with van der Waals surface area (Å²) in [5.41, 5.74) is 1.08. The van der Waals surface area contributed by atoms with E-state index in [0.29, 0.717) is 6.42 Å². The van der Waals surface area contributed by atoms with Gasteiger partial charge in [-0.3, -0.25) is 0 Å². The molecule has 0 aliphatic carbocycles. The number of alkyl halides is 2. The van der Waals surface area contributed by atoms with Crippen LogP contribution in [0.2, 0.25) is 18.1 Å². The van der Waals surface area contributed by atoms with Gasteiger partial charge in [-0.05, 0) is 30.2 Å². The van der Waals surface area contributed by atoms with Crippen LogP contribution >= 0.6 is 0 Å². The van der Waals surface area contributed by atoms with Gasteiger partial charge in [-0.2, -0.15) is 0 Å². The molecule has 4 heteroatoms. The Morgan fingerprint density at radius 3 is 2.00 bits per heavy atom.